The van der Waals surface area contributed by atoms with Gasteiger partial charge in [-0.3, -0.25) is 9.59 Å². The van der Waals surface area contributed by atoms with Gasteiger partial charge in [-0.15, -0.1) is 0 Å². The smallest absolute Gasteiger partial charge is 0.251 e. The largest absolute Gasteiger partial charge is 0.352 e. The first-order valence-corrected chi connectivity index (χ1v) is 11.6. The first kappa shape index (κ1) is 23.5. The third kappa shape index (κ3) is 5.64. The molecule has 3 aromatic carbocycles. The minimum Gasteiger partial charge on any atom is -0.352 e. The van der Waals surface area contributed by atoms with Crippen LogP contribution in [0.25, 0.3) is 11.0 Å². The molecule has 0 saturated heterocycles. The summed E-state index contributed by atoms with van der Waals surface area (Å²) in [7, 11) is 0. The number of carbonyl (C=O) groups is 2. The number of nitrogens with zero attached hydrogens (tertiary/aromatic N) is 2. The third-order valence-corrected chi connectivity index (χ3v) is 5.91. The number of aromatic nitrogens is 2. The van der Waals surface area contributed by atoms with E-state index in [0.29, 0.717) is 30.0 Å². The van der Waals surface area contributed by atoms with Crippen molar-refractivity contribution in [1.29, 1.82) is 0 Å². The van der Waals surface area contributed by atoms with Gasteiger partial charge in [0.1, 0.15) is 12.4 Å². The van der Waals surface area contributed by atoms with E-state index in [1.807, 2.05) is 60.9 Å². The van der Waals surface area contributed by atoms with Gasteiger partial charge in [-0.25, -0.2) is 4.98 Å². The molecule has 2 amide bonds. The van der Waals surface area contributed by atoms with E-state index in [-0.39, 0.29) is 18.4 Å². The van der Waals surface area contributed by atoms with E-state index >= 15 is 0 Å². The highest BCUT2D eigenvalue weighted by Gasteiger charge is 2.14. The van der Waals surface area contributed by atoms with Crippen LogP contribution in [-0.4, -0.2) is 27.9 Å². The van der Waals surface area contributed by atoms with Crippen molar-refractivity contribution in [3.05, 3.63) is 94.3 Å². The summed E-state index contributed by atoms with van der Waals surface area (Å²) >= 11 is 5.88. The van der Waals surface area contributed by atoms with E-state index in [4.69, 9.17) is 16.6 Å². The van der Waals surface area contributed by atoms with Gasteiger partial charge in [0.2, 0.25) is 5.91 Å². The van der Waals surface area contributed by atoms with Gasteiger partial charge < -0.3 is 15.2 Å². The number of hydrogen-bond donors (Lipinski definition) is 2. The summed E-state index contributed by atoms with van der Waals surface area (Å²) in [6.07, 6.45) is 1.33. The molecule has 0 unspecified atom stereocenters. The van der Waals surface area contributed by atoms with Crippen LogP contribution in [0.1, 0.15) is 33.7 Å². The number of para-hydroxylation sites is 2. The van der Waals surface area contributed by atoms with Crippen molar-refractivity contribution in [3.8, 4) is 0 Å². The lowest BCUT2D eigenvalue weighted by Gasteiger charge is -2.12. The van der Waals surface area contributed by atoms with Crippen molar-refractivity contribution >= 4 is 40.1 Å². The molecule has 1 aromatic heterocycles. The number of fused-ring (bicyclic) bond motifs is 1. The van der Waals surface area contributed by atoms with Crippen molar-refractivity contribution in [2.24, 2.45) is 0 Å². The number of amides is 2. The lowest BCUT2D eigenvalue weighted by atomic mass is 10.1. The van der Waals surface area contributed by atoms with Gasteiger partial charge in [0.25, 0.3) is 5.91 Å². The Labute approximate surface area is 204 Å². The molecule has 174 valence electrons. The molecule has 2 N–H and O–H groups in total. The number of halogens is 1. The summed E-state index contributed by atoms with van der Waals surface area (Å²) in [6, 6.07) is 20.5. The Balaban J connectivity index is 1.42. The highest BCUT2D eigenvalue weighted by Crippen LogP contribution is 2.19. The van der Waals surface area contributed by atoms with E-state index in [2.05, 4.69) is 10.6 Å². The molecule has 1 heterocycles. The summed E-state index contributed by atoms with van der Waals surface area (Å²) in [5, 5.41) is 6.54. The van der Waals surface area contributed by atoms with Crippen LogP contribution in [0.4, 0.5) is 5.69 Å². The zero-order valence-electron chi connectivity index (χ0n) is 19.3. The van der Waals surface area contributed by atoms with Crippen molar-refractivity contribution < 1.29 is 9.59 Å². The van der Waals surface area contributed by atoms with Gasteiger partial charge in [0.05, 0.1) is 11.0 Å². The maximum absolute atomic E-state index is 12.9. The molecule has 0 saturated carbocycles. The standard InChI is InChI=1S/C27H27ClN4O2/c1-18-9-14-22(19(2)16-18)31-26(33)17-32-24-7-4-3-6-23(24)30-25(32)8-5-15-29-27(34)20-10-12-21(28)13-11-20/h3-4,6-7,9-14,16H,5,8,15,17H2,1-2H3,(H,29,34)(H,31,33). The predicted octanol–water partition coefficient (Wildman–Crippen LogP) is 5.31. The Bertz CT molecular complexity index is 1330. The third-order valence-electron chi connectivity index (χ3n) is 5.66. The van der Waals surface area contributed by atoms with Crippen LogP contribution < -0.4 is 10.6 Å². The summed E-state index contributed by atoms with van der Waals surface area (Å²) in [5.74, 6) is 0.572. The molecule has 0 fully saturated rings. The van der Waals surface area contributed by atoms with Gasteiger partial charge in [-0.1, -0.05) is 41.4 Å². The van der Waals surface area contributed by atoms with Crippen molar-refractivity contribution in [3.63, 3.8) is 0 Å². The number of benzene rings is 3. The molecule has 4 rings (SSSR count). The summed E-state index contributed by atoms with van der Waals surface area (Å²) < 4.78 is 1.95. The Morgan fingerprint density at radius 1 is 1.00 bits per heavy atom. The van der Waals surface area contributed by atoms with E-state index in [9.17, 15) is 9.59 Å². The molecular formula is C27H27ClN4O2. The molecule has 34 heavy (non-hydrogen) atoms. The fourth-order valence-electron chi connectivity index (χ4n) is 3.93. The van der Waals surface area contributed by atoms with Gasteiger partial charge >= 0.3 is 0 Å². The highest BCUT2D eigenvalue weighted by atomic mass is 35.5. The quantitative estimate of drug-likeness (QED) is 0.340. The molecule has 4 aromatic rings. The van der Waals surface area contributed by atoms with Crippen LogP contribution in [0.3, 0.4) is 0 Å². The summed E-state index contributed by atoms with van der Waals surface area (Å²) in [5.41, 5.74) is 5.33. The Kier molecular flexibility index (Phi) is 7.28. The molecule has 0 aliphatic rings. The van der Waals surface area contributed by atoms with E-state index in [1.165, 1.54) is 0 Å². The highest BCUT2D eigenvalue weighted by molar-refractivity contribution is 6.30. The molecule has 0 radical (unpaired) electrons. The van der Waals surface area contributed by atoms with Crippen LogP contribution >= 0.6 is 11.6 Å². The number of nitrogens with one attached hydrogen (secondary N) is 2. The van der Waals surface area contributed by atoms with Crippen molar-refractivity contribution in [2.75, 3.05) is 11.9 Å². The Morgan fingerprint density at radius 2 is 1.76 bits per heavy atom. The first-order valence-electron chi connectivity index (χ1n) is 11.3. The average Bonchev–Trinajstić information content (AvgIpc) is 3.16. The maximum atomic E-state index is 12.9. The Morgan fingerprint density at radius 3 is 2.53 bits per heavy atom. The van der Waals surface area contributed by atoms with Crippen LogP contribution in [0.15, 0.2) is 66.7 Å². The molecule has 0 spiro atoms. The second-order valence-electron chi connectivity index (χ2n) is 8.34. The second-order valence-corrected chi connectivity index (χ2v) is 8.77. The molecule has 0 aliphatic heterocycles. The number of anilines is 1. The van der Waals surface area contributed by atoms with Crippen molar-refractivity contribution in [1.82, 2.24) is 14.9 Å². The van der Waals surface area contributed by atoms with E-state index < -0.39 is 0 Å². The zero-order valence-corrected chi connectivity index (χ0v) is 20.0. The van der Waals surface area contributed by atoms with Crippen LogP contribution in [-0.2, 0) is 17.8 Å². The van der Waals surface area contributed by atoms with Crippen LogP contribution in [0.2, 0.25) is 5.02 Å². The fourth-order valence-corrected chi connectivity index (χ4v) is 4.06. The van der Waals surface area contributed by atoms with Crippen LogP contribution in [0, 0.1) is 13.8 Å². The van der Waals surface area contributed by atoms with Gasteiger partial charge in [-0.05, 0) is 68.3 Å². The monoisotopic (exact) mass is 474 g/mol. The topological polar surface area (TPSA) is 76.0 Å². The maximum Gasteiger partial charge on any atom is 0.251 e. The average molecular weight is 475 g/mol. The number of aryl methyl sites for hydroxylation is 3. The minimum absolute atomic E-state index is 0.104. The zero-order chi connectivity index (χ0) is 24.1. The number of imidazole rings is 1. The number of carbonyl (C=O) groups excluding carboxylic acids is 2. The number of rotatable bonds is 8. The van der Waals surface area contributed by atoms with E-state index in [0.717, 1.165) is 33.7 Å². The van der Waals surface area contributed by atoms with Crippen molar-refractivity contribution in [2.45, 2.75) is 33.2 Å². The minimum atomic E-state index is -0.141. The summed E-state index contributed by atoms with van der Waals surface area (Å²) in [6.45, 7) is 4.68. The molecular weight excluding hydrogens is 448 g/mol. The Hall–Kier alpha value is -3.64. The molecule has 0 aliphatic carbocycles. The van der Waals surface area contributed by atoms with Crippen LogP contribution in [0.5, 0.6) is 0 Å². The number of hydrogen-bond acceptors (Lipinski definition) is 3. The predicted molar refractivity (Wildman–Crippen MR) is 136 cm³/mol. The SMILES string of the molecule is Cc1ccc(NC(=O)Cn2c(CCCNC(=O)c3ccc(Cl)cc3)nc3ccccc32)c(C)c1. The van der Waals surface area contributed by atoms with Gasteiger partial charge in [0.15, 0.2) is 0 Å². The molecule has 6 nitrogen and oxygen atoms in total. The molecule has 0 atom stereocenters. The van der Waals surface area contributed by atoms with Gasteiger partial charge in [0, 0.05) is 29.2 Å². The fraction of sp³-hybridized carbons (Fsp3) is 0.222. The lowest BCUT2D eigenvalue weighted by Crippen LogP contribution is -2.25. The lowest BCUT2D eigenvalue weighted by molar-refractivity contribution is -0.116. The van der Waals surface area contributed by atoms with Gasteiger partial charge in [-0.2, -0.15) is 0 Å². The normalized spacial score (nSPS) is 10.9. The molecule has 0 bridgehead atoms. The van der Waals surface area contributed by atoms with E-state index in [1.54, 1.807) is 24.3 Å². The summed E-state index contributed by atoms with van der Waals surface area (Å²) in [4.78, 5) is 29.9. The first-order chi connectivity index (χ1) is 16.4. The second kappa shape index (κ2) is 10.5. The molecule has 7 heteroatoms.